The molecule has 1 saturated carbocycles. The monoisotopic (exact) mass is 515 g/mol. The van der Waals surface area contributed by atoms with Gasteiger partial charge in [-0.05, 0) is 43.9 Å². The van der Waals surface area contributed by atoms with E-state index < -0.39 is 35.8 Å². The van der Waals surface area contributed by atoms with Gasteiger partial charge in [0.05, 0.1) is 6.04 Å². The standard InChI is InChI=1S/C24H26ClN5O6/c25-16-2-1-3-19(14-16)28-12-10-27(11-13-28)17-4-6-18(7-5-17)30-24(34)29-15-35-20(31)8-9-21(32)36-22(26-30)23(29)33/h1-3,8-9,14,17-18H,4-7,10-13,15H2/b9-8+. The first-order chi connectivity index (χ1) is 17.4. The summed E-state index contributed by atoms with van der Waals surface area (Å²) in [6.45, 7) is 3.11. The molecule has 2 fully saturated rings. The molecule has 11 nitrogen and oxygen atoms in total. The quantitative estimate of drug-likeness (QED) is 0.558. The van der Waals surface area contributed by atoms with E-state index in [2.05, 4.69) is 21.0 Å². The Morgan fingerprint density at radius 2 is 1.58 bits per heavy atom. The number of halogens is 1. The molecule has 36 heavy (non-hydrogen) atoms. The van der Waals surface area contributed by atoms with Gasteiger partial charge in [0.1, 0.15) is 0 Å². The van der Waals surface area contributed by atoms with Crippen molar-refractivity contribution >= 4 is 29.2 Å². The third-order valence-electron chi connectivity index (χ3n) is 6.96. The number of cyclic esters (lactones) is 1. The summed E-state index contributed by atoms with van der Waals surface area (Å²) in [7, 11) is 0. The van der Waals surface area contributed by atoms with Crippen LogP contribution in [0.3, 0.4) is 0 Å². The van der Waals surface area contributed by atoms with E-state index in [0.717, 1.165) is 66.4 Å². The van der Waals surface area contributed by atoms with Crippen LogP contribution in [0.5, 0.6) is 5.88 Å². The molecule has 12 heteroatoms. The molecule has 1 aromatic carbocycles. The molecule has 5 rings (SSSR count). The molecule has 3 heterocycles. The number of hydrogen-bond acceptors (Lipinski definition) is 9. The normalized spacial score (nSPS) is 24.1. The summed E-state index contributed by atoms with van der Waals surface area (Å²) >= 11 is 6.14. The Hall–Kier alpha value is -3.44. The molecule has 190 valence electrons. The highest BCUT2D eigenvalue weighted by Gasteiger charge is 2.31. The summed E-state index contributed by atoms with van der Waals surface area (Å²) in [4.78, 5) is 54.0. The zero-order chi connectivity index (χ0) is 25.2. The molecule has 0 atom stereocenters. The lowest BCUT2D eigenvalue weighted by Crippen LogP contribution is -2.51. The van der Waals surface area contributed by atoms with Crippen LogP contribution in [0, 0.1) is 0 Å². The summed E-state index contributed by atoms with van der Waals surface area (Å²) in [5, 5.41) is 4.81. The van der Waals surface area contributed by atoms with Gasteiger partial charge in [0.2, 0.25) is 0 Å². The number of anilines is 1. The number of carbonyl (C=O) groups excluding carboxylic acids is 2. The fourth-order valence-electron chi connectivity index (χ4n) is 5.05. The van der Waals surface area contributed by atoms with Crippen LogP contribution in [-0.2, 0) is 21.1 Å². The molecule has 0 spiro atoms. The summed E-state index contributed by atoms with van der Waals surface area (Å²) in [6, 6.07) is 8.01. The Labute approximate surface area is 211 Å². The molecule has 1 aliphatic carbocycles. The van der Waals surface area contributed by atoms with Crippen molar-refractivity contribution in [2.24, 2.45) is 0 Å². The van der Waals surface area contributed by atoms with Gasteiger partial charge in [-0.25, -0.2) is 23.6 Å². The number of ether oxygens (including phenoxy) is 2. The van der Waals surface area contributed by atoms with Crippen molar-refractivity contribution in [1.82, 2.24) is 19.2 Å². The van der Waals surface area contributed by atoms with E-state index in [0.29, 0.717) is 18.9 Å². The van der Waals surface area contributed by atoms with Crippen LogP contribution in [0.25, 0.3) is 0 Å². The highest BCUT2D eigenvalue weighted by molar-refractivity contribution is 6.30. The van der Waals surface area contributed by atoms with Gasteiger partial charge in [0, 0.05) is 55.1 Å². The number of rotatable bonds is 3. The second kappa shape index (κ2) is 10.3. The van der Waals surface area contributed by atoms with Crippen molar-refractivity contribution in [1.29, 1.82) is 0 Å². The van der Waals surface area contributed by atoms with Crippen LogP contribution in [0.15, 0.2) is 46.0 Å². The maximum atomic E-state index is 13.0. The van der Waals surface area contributed by atoms with Gasteiger partial charge in [0.25, 0.3) is 0 Å². The Morgan fingerprint density at radius 3 is 2.31 bits per heavy atom. The zero-order valence-corrected chi connectivity index (χ0v) is 20.3. The molecule has 2 aliphatic heterocycles. The Morgan fingerprint density at radius 1 is 0.889 bits per heavy atom. The minimum Gasteiger partial charge on any atom is -0.440 e. The maximum Gasteiger partial charge on any atom is 0.350 e. The highest BCUT2D eigenvalue weighted by Crippen LogP contribution is 2.31. The number of carbonyl (C=O) groups is 2. The smallest absolute Gasteiger partial charge is 0.350 e. The largest absolute Gasteiger partial charge is 0.440 e. The van der Waals surface area contributed by atoms with Gasteiger partial charge in [0.15, 0.2) is 6.73 Å². The summed E-state index contributed by atoms with van der Waals surface area (Å²) in [5.74, 6) is -2.32. The second-order valence-corrected chi connectivity index (χ2v) is 9.51. The molecule has 0 N–H and O–H groups in total. The molecule has 2 aromatic rings. The third-order valence-corrected chi connectivity index (χ3v) is 7.19. The average molecular weight is 516 g/mol. The molecule has 0 amide bonds. The van der Waals surface area contributed by atoms with Crippen LogP contribution in [-0.4, -0.2) is 63.4 Å². The van der Waals surface area contributed by atoms with E-state index >= 15 is 0 Å². The van der Waals surface area contributed by atoms with Crippen molar-refractivity contribution in [3.63, 3.8) is 0 Å². The molecule has 3 aliphatic rings. The number of nitrogens with zero attached hydrogens (tertiary/aromatic N) is 5. The first kappa shape index (κ1) is 24.3. The van der Waals surface area contributed by atoms with Crippen LogP contribution in [0.2, 0.25) is 5.02 Å². The second-order valence-electron chi connectivity index (χ2n) is 9.08. The van der Waals surface area contributed by atoms with Crippen molar-refractivity contribution in [2.45, 2.75) is 44.5 Å². The van der Waals surface area contributed by atoms with Gasteiger partial charge in [-0.1, -0.05) is 17.7 Å². The van der Waals surface area contributed by atoms with E-state index in [-0.39, 0.29) is 6.04 Å². The van der Waals surface area contributed by atoms with Crippen LogP contribution < -0.4 is 20.9 Å². The zero-order valence-electron chi connectivity index (χ0n) is 19.5. The van der Waals surface area contributed by atoms with E-state index in [1.165, 1.54) is 4.68 Å². The molecular formula is C24H26ClN5O6. The molecule has 0 radical (unpaired) electrons. The summed E-state index contributed by atoms with van der Waals surface area (Å²) < 4.78 is 11.9. The number of benzene rings is 1. The molecular weight excluding hydrogens is 490 g/mol. The van der Waals surface area contributed by atoms with E-state index in [4.69, 9.17) is 21.1 Å². The van der Waals surface area contributed by atoms with Gasteiger partial charge < -0.3 is 14.4 Å². The van der Waals surface area contributed by atoms with Crippen LogP contribution in [0.4, 0.5) is 5.69 Å². The Kier molecular flexibility index (Phi) is 6.92. The van der Waals surface area contributed by atoms with Crippen molar-refractivity contribution in [3.05, 3.63) is 62.3 Å². The lowest BCUT2D eigenvalue weighted by molar-refractivity contribution is -0.142. The first-order valence-corrected chi connectivity index (χ1v) is 12.3. The summed E-state index contributed by atoms with van der Waals surface area (Å²) in [5.41, 5.74) is -0.488. The number of fused-ring (bicyclic) bond motifs is 2. The SMILES string of the molecule is O=C1/C=C/C(=O)Oc2nn(C3CCC(N4CCN(c5cccc(Cl)c5)CC4)CC3)c(=O)n(c2=O)CO1. The van der Waals surface area contributed by atoms with Crippen molar-refractivity contribution in [2.75, 3.05) is 31.1 Å². The number of esters is 2. The average Bonchev–Trinajstić information content (AvgIpc) is 2.89. The van der Waals surface area contributed by atoms with Crippen molar-refractivity contribution < 1.29 is 19.1 Å². The third kappa shape index (κ3) is 5.07. The van der Waals surface area contributed by atoms with Crippen molar-refractivity contribution in [3.8, 4) is 5.88 Å². The molecule has 0 unspecified atom stereocenters. The Bertz CT molecular complexity index is 1300. The minimum absolute atomic E-state index is 0.264. The summed E-state index contributed by atoms with van der Waals surface area (Å²) in [6.07, 6.45) is 4.80. The fourth-order valence-corrected chi connectivity index (χ4v) is 5.24. The lowest BCUT2D eigenvalue weighted by Gasteiger charge is -2.42. The van der Waals surface area contributed by atoms with E-state index in [9.17, 15) is 19.2 Å². The van der Waals surface area contributed by atoms with Gasteiger partial charge in [-0.15, -0.1) is 5.10 Å². The maximum absolute atomic E-state index is 13.0. The first-order valence-electron chi connectivity index (χ1n) is 11.9. The van der Waals surface area contributed by atoms with Crippen LogP contribution >= 0.6 is 11.6 Å². The Balaban J connectivity index is 1.26. The fraction of sp³-hybridized carbons (Fsp3) is 0.458. The highest BCUT2D eigenvalue weighted by atomic mass is 35.5. The molecule has 1 aromatic heterocycles. The van der Waals surface area contributed by atoms with Gasteiger partial charge >= 0.3 is 29.1 Å². The number of piperazine rings is 1. The van der Waals surface area contributed by atoms with Gasteiger partial charge in [-0.2, -0.15) is 0 Å². The van der Waals surface area contributed by atoms with E-state index in [1.807, 2.05) is 18.2 Å². The van der Waals surface area contributed by atoms with E-state index in [1.54, 1.807) is 0 Å². The number of aromatic nitrogens is 3. The van der Waals surface area contributed by atoms with Gasteiger partial charge in [-0.3, -0.25) is 9.69 Å². The number of hydrogen-bond donors (Lipinski definition) is 0. The van der Waals surface area contributed by atoms with Crippen LogP contribution in [0.1, 0.15) is 31.7 Å². The molecule has 1 saturated heterocycles. The predicted molar refractivity (Wildman–Crippen MR) is 130 cm³/mol. The minimum atomic E-state index is -0.948. The predicted octanol–water partition coefficient (Wildman–Crippen LogP) is 1.34. The topological polar surface area (TPSA) is 116 Å². The molecule has 2 bridgehead atoms. The lowest BCUT2D eigenvalue weighted by atomic mass is 9.90.